The number of aromatic amines is 1. The highest BCUT2D eigenvalue weighted by molar-refractivity contribution is 5.86. The number of hydrogen-bond acceptors (Lipinski definition) is 2. The summed E-state index contributed by atoms with van der Waals surface area (Å²) >= 11 is 0. The Morgan fingerprint density at radius 2 is 2.23 bits per heavy atom. The number of hydrogen-bond donors (Lipinski definition) is 3. The van der Waals surface area contributed by atoms with Crippen LogP contribution in [-0.4, -0.2) is 23.5 Å². The maximum Gasteiger partial charge on any atom is 0.223 e. The van der Waals surface area contributed by atoms with Crippen molar-refractivity contribution in [2.24, 2.45) is 11.7 Å². The number of aromatic nitrogens is 1. The fourth-order valence-electron chi connectivity index (χ4n) is 3.37. The van der Waals surface area contributed by atoms with Gasteiger partial charge in [0.25, 0.3) is 0 Å². The quantitative estimate of drug-likeness (QED) is 0.810. The molecule has 3 rings (SSSR count). The van der Waals surface area contributed by atoms with E-state index in [1.54, 1.807) is 0 Å². The molecule has 1 heterocycles. The van der Waals surface area contributed by atoms with E-state index < -0.39 is 0 Å². The van der Waals surface area contributed by atoms with Crippen LogP contribution in [0.5, 0.6) is 0 Å². The first kappa shape index (κ1) is 16.8. The molecule has 4 nitrogen and oxygen atoms in total. The first-order chi connectivity index (χ1) is 10.1. The number of amides is 1. The lowest BCUT2D eigenvalue weighted by molar-refractivity contribution is -0.124. The van der Waals surface area contributed by atoms with E-state index >= 15 is 0 Å². The average molecular weight is 322 g/mol. The van der Waals surface area contributed by atoms with Gasteiger partial charge in [-0.2, -0.15) is 0 Å². The number of carbonyl (C=O) groups is 1. The molecule has 1 aliphatic carbocycles. The van der Waals surface area contributed by atoms with Crippen molar-refractivity contribution in [3.05, 3.63) is 35.5 Å². The van der Waals surface area contributed by atoms with Crippen molar-refractivity contribution < 1.29 is 4.79 Å². The van der Waals surface area contributed by atoms with E-state index in [0.29, 0.717) is 6.54 Å². The highest BCUT2D eigenvalue weighted by Gasteiger charge is 2.27. The lowest BCUT2D eigenvalue weighted by atomic mass is 10.0. The van der Waals surface area contributed by atoms with Gasteiger partial charge in [-0.25, -0.2) is 0 Å². The van der Waals surface area contributed by atoms with Crippen molar-refractivity contribution in [3.8, 4) is 0 Å². The number of benzene rings is 1. The first-order valence-electron chi connectivity index (χ1n) is 7.74. The Morgan fingerprint density at radius 3 is 2.95 bits per heavy atom. The Kier molecular flexibility index (Phi) is 5.48. The number of fused-ring (bicyclic) bond motifs is 1. The maximum atomic E-state index is 12.1. The summed E-state index contributed by atoms with van der Waals surface area (Å²) in [5, 5.41) is 4.35. The fourth-order valence-corrected chi connectivity index (χ4v) is 3.37. The van der Waals surface area contributed by atoms with Gasteiger partial charge < -0.3 is 16.0 Å². The molecular weight excluding hydrogens is 298 g/mol. The topological polar surface area (TPSA) is 70.9 Å². The number of halogens is 1. The molecule has 1 amide bonds. The van der Waals surface area contributed by atoms with Crippen molar-refractivity contribution in [2.75, 3.05) is 6.54 Å². The number of H-pyrrole nitrogens is 1. The van der Waals surface area contributed by atoms with E-state index in [4.69, 9.17) is 5.73 Å². The molecule has 1 aromatic heterocycles. The van der Waals surface area contributed by atoms with Crippen LogP contribution in [0, 0.1) is 12.8 Å². The minimum absolute atomic E-state index is 0. The molecule has 120 valence electrons. The van der Waals surface area contributed by atoms with Crippen molar-refractivity contribution >= 4 is 29.2 Å². The molecule has 1 aliphatic rings. The van der Waals surface area contributed by atoms with Crippen molar-refractivity contribution in [2.45, 2.75) is 38.6 Å². The Hall–Kier alpha value is -1.52. The molecule has 2 atom stereocenters. The number of rotatable bonds is 4. The summed E-state index contributed by atoms with van der Waals surface area (Å²) in [6, 6.07) is 6.47. The lowest BCUT2D eigenvalue weighted by Crippen LogP contribution is -2.31. The SMILES string of the molecule is Cc1cccc2[nH]cc(CCNC(=O)C3CCC(N)C3)c12.Cl. The summed E-state index contributed by atoms with van der Waals surface area (Å²) in [6.07, 6.45) is 5.64. The molecule has 0 bridgehead atoms. The molecule has 0 saturated heterocycles. The summed E-state index contributed by atoms with van der Waals surface area (Å²) in [5.41, 5.74) is 9.57. The molecule has 2 unspecified atom stereocenters. The van der Waals surface area contributed by atoms with E-state index in [0.717, 1.165) is 31.2 Å². The van der Waals surface area contributed by atoms with Crippen molar-refractivity contribution in [3.63, 3.8) is 0 Å². The van der Waals surface area contributed by atoms with Gasteiger partial charge in [0, 0.05) is 35.6 Å². The molecule has 5 heteroatoms. The van der Waals surface area contributed by atoms with E-state index in [-0.39, 0.29) is 30.3 Å². The fraction of sp³-hybridized carbons (Fsp3) is 0.471. The second kappa shape index (κ2) is 7.16. The van der Waals surface area contributed by atoms with E-state index in [1.807, 2.05) is 0 Å². The highest BCUT2D eigenvalue weighted by atomic mass is 35.5. The second-order valence-electron chi connectivity index (χ2n) is 6.12. The smallest absolute Gasteiger partial charge is 0.223 e. The average Bonchev–Trinajstić information content (AvgIpc) is 3.06. The van der Waals surface area contributed by atoms with Gasteiger partial charge in [-0.3, -0.25) is 4.79 Å². The Labute approximate surface area is 137 Å². The van der Waals surface area contributed by atoms with Gasteiger partial charge in [-0.05, 0) is 49.8 Å². The van der Waals surface area contributed by atoms with E-state index in [2.05, 4.69) is 41.6 Å². The van der Waals surface area contributed by atoms with Gasteiger partial charge in [-0.15, -0.1) is 12.4 Å². The van der Waals surface area contributed by atoms with Gasteiger partial charge >= 0.3 is 0 Å². The summed E-state index contributed by atoms with van der Waals surface area (Å²) in [5.74, 6) is 0.282. The molecular formula is C17H24ClN3O. The molecule has 0 radical (unpaired) electrons. The van der Waals surface area contributed by atoms with Crippen LogP contribution in [0.1, 0.15) is 30.4 Å². The van der Waals surface area contributed by atoms with Crippen LogP contribution in [0.15, 0.2) is 24.4 Å². The Balaban J connectivity index is 0.00000176. The van der Waals surface area contributed by atoms with E-state index in [9.17, 15) is 4.79 Å². The van der Waals surface area contributed by atoms with Crippen molar-refractivity contribution in [1.82, 2.24) is 10.3 Å². The highest BCUT2D eigenvalue weighted by Crippen LogP contribution is 2.24. The third-order valence-electron chi connectivity index (χ3n) is 4.53. The van der Waals surface area contributed by atoms with Gasteiger partial charge in [0.15, 0.2) is 0 Å². The largest absolute Gasteiger partial charge is 0.361 e. The molecule has 4 N–H and O–H groups in total. The zero-order valence-electron chi connectivity index (χ0n) is 12.9. The van der Waals surface area contributed by atoms with Crippen LogP contribution in [-0.2, 0) is 11.2 Å². The van der Waals surface area contributed by atoms with Crippen molar-refractivity contribution in [1.29, 1.82) is 0 Å². The Morgan fingerprint density at radius 1 is 1.41 bits per heavy atom. The summed E-state index contributed by atoms with van der Waals surface area (Å²) in [7, 11) is 0. The molecule has 22 heavy (non-hydrogen) atoms. The molecule has 1 fully saturated rings. The van der Waals surface area contributed by atoms with Gasteiger partial charge in [-0.1, -0.05) is 12.1 Å². The maximum absolute atomic E-state index is 12.1. The summed E-state index contributed by atoms with van der Waals surface area (Å²) in [6.45, 7) is 2.81. The van der Waals surface area contributed by atoms with Crippen LogP contribution >= 0.6 is 12.4 Å². The zero-order chi connectivity index (χ0) is 14.8. The second-order valence-corrected chi connectivity index (χ2v) is 6.12. The Bertz CT molecular complexity index is 652. The van der Waals surface area contributed by atoms with Crippen LogP contribution in [0.3, 0.4) is 0 Å². The van der Waals surface area contributed by atoms with Gasteiger partial charge in [0.2, 0.25) is 5.91 Å². The van der Waals surface area contributed by atoms with Gasteiger partial charge in [0.1, 0.15) is 0 Å². The normalized spacial score (nSPS) is 20.8. The monoisotopic (exact) mass is 321 g/mol. The van der Waals surface area contributed by atoms with E-state index in [1.165, 1.54) is 16.5 Å². The lowest BCUT2D eigenvalue weighted by Gasteiger charge is -2.10. The van der Waals surface area contributed by atoms with Crippen LogP contribution in [0.25, 0.3) is 10.9 Å². The molecule has 2 aromatic rings. The zero-order valence-corrected chi connectivity index (χ0v) is 13.7. The first-order valence-corrected chi connectivity index (χ1v) is 7.74. The predicted octanol–water partition coefficient (Wildman–Crippen LogP) is 2.68. The molecule has 1 saturated carbocycles. The third kappa shape index (κ3) is 3.45. The number of carbonyl (C=O) groups excluding carboxylic acids is 1. The molecule has 1 aromatic carbocycles. The minimum Gasteiger partial charge on any atom is -0.361 e. The summed E-state index contributed by atoms with van der Waals surface area (Å²) in [4.78, 5) is 15.4. The van der Waals surface area contributed by atoms with Crippen LogP contribution in [0.4, 0.5) is 0 Å². The van der Waals surface area contributed by atoms with Crippen LogP contribution in [0.2, 0.25) is 0 Å². The van der Waals surface area contributed by atoms with Gasteiger partial charge in [0.05, 0.1) is 0 Å². The number of nitrogens with one attached hydrogen (secondary N) is 2. The molecule has 0 aliphatic heterocycles. The number of aryl methyl sites for hydroxylation is 1. The third-order valence-corrected chi connectivity index (χ3v) is 4.53. The molecule has 0 spiro atoms. The summed E-state index contributed by atoms with van der Waals surface area (Å²) < 4.78 is 0. The standard InChI is InChI=1S/C17H23N3O.ClH/c1-11-3-2-4-15-16(11)13(10-20-15)7-8-19-17(21)12-5-6-14(18)9-12;/h2-4,10,12,14,20H,5-9,18H2,1H3,(H,19,21);1H. The van der Waals surface area contributed by atoms with Crippen LogP contribution < -0.4 is 11.1 Å². The predicted molar refractivity (Wildman–Crippen MR) is 92.3 cm³/mol. The number of nitrogens with two attached hydrogens (primary N) is 1. The minimum atomic E-state index is 0.